The van der Waals surface area contributed by atoms with E-state index in [4.69, 9.17) is 18.9 Å². The van der Waals surface area contributed by atoms with E-state index in [-0.39, 0.29) is 26.1 Å². The molecule has 6 nitrogen and oxygen atoms in total. The lowest BCUT2D eigenvalue weighted by Crippen LogP contribution is -2.36. The summed E-state index contributed by atoms with van der Waals surface area (Å²) in [6.45, 7) is 0.700. The van der Waals surface area contributed by atoms with Crippen molar-refractivity contribution in [3.8, 4) is 0 Å². The second-order valence-electron chi connectivity index (χ2n) is 4.20. The van der Waals surface area contributed by atoms with Crippen LogP contribution in [0.25, 0.3) is 0 Å². The van der Waals surface area contributed by atoms with E-state index in [1.807, 2.05) is 0 Å². The van der Waals surface area contributed by atoms with Crippen LogP contribution in [0.3, 0.4) is 0 Å². The lowest BCUT2D eigenvalue weighted by molar-refractivity contribution is -0.192. The molecule has 0 aromatic carbocycles. The fourth-order valence-corrected chi connectivity index (χ4v) is 1.94. The molecular formula is C11H16O6. The third-order valence-electron chi connectivity index (χ3n) is 2.79. The summed E-state index contributed by atoms with van der Waals surface area (Å²) in [5.74, 6) is -1.88. The molecule has 0 N–H and O–H groups in total. The second-order valence-corrected chi connectivity index (χ2v) is 4.20. The van der Waals surface area contributed by atoms with Crippen molar-refractivity contribution in [2.75, 3.05) is 20.0 Å². The highest BCUT2D eigenvalue weighted by Crippen LogP contribution is 2.21. The number of esters is 2. The van der Waals surface area contributed by atoms with Gasteiger partial charge in [0, 0.05) is 0 Å². The molecule has 0 amide bonds. The van der Waals surface area contributed by atoms with Gasteiger partial charge < -0.3 is 18.9 Å². The van der Waals surface area contributed by atoms with E-state index in [0.717, 1.165) is 25.7 Å². The Morgan fingerprint density at radius 3 is 2.00 bits per heavy atom. The number of carbonyl (C=O) groups is 2. The molecule has 0 unspecified atom stereocenters. The Hall–Kier alpha value is -1.14. The van der Waals surface area contributed by atoms with Gasteiger partial charge in [0.2, 0.25) is 0 Å². The van der Waals surface area contributed by atoms with E-state index in [9.17, 15) is 9.59 Å². The molecule has 1 heterocycles. The molecule has 1 aliphatic carbocycles. The highest BCUT2D eigenvalue weighted by atomic mass is 16.7. The Balaban J connectivity index is 1.72. The number of rotatable bonds is 2. The zero-order valence-electron chi connectivity index (χ0n) is 9.55. The van der Waals surface area contributed by atoms with E-state index < -0.39 is 18.0 Å². The molecule has 2 aliphatic rings. The topological polar surface area (TPSA) is 71.1 Å². The van der Waals surface area contributed by atoms with Gasteiger partial charge in [0.25, 0.3) is 0 Å². The molecule has 0 aromatic rings. The number of hydrogen-bond acceptors (Lipinski definition) is 6. The predicted octanol–water partition coefficient (Wildman–Crippen LogP) is 0.388. The number of hydrogen-bond donors (Lipinski definition) is 0. The zero-order valence-corrected chi connectivity index (χ0v) is 9.55. The van der Waals surface area contributed by atoms with Gasteiger partial charge in [-0.1, -0.05) is 0 Å². The van der Waals surface area contributed by atoms with Gasteiger partial charge in [-0.2, -0.15) is 0 Å². The van der Waals surface area contributed by atoms with Gasteiger partial charge in [-0.15, -0.1) is 0 Å². The van der Waals surface area contributed by atoms with Crippen molar-refractivity contribution < 1.29 is 28.5 Å². The Bertz CT molecular complexity index is 278. The van der Waals surface area contributed by atoms with Crippen molar-refractivity contribution in [1.82, 2.24) is 0 Å². The molecule has 2 rings (SSSR count). The molecule has 2 fully saturated rings. The first-order valence-corrected chi connectivity index (χ1v) is 5.83. The average Bonchev–Trinajstić information content (AvgIpc) is 2.83. The molecule has 96 valence electrons. The van der Waals surface area contributed by atoms with Crippen LogP contribution in [0, 0.1) is 0 Å². The molecule has 0 atom stereocenters. The largest absolute Gasteiger partial charge is 0.454 e. The van der Waals surface area contributed by atoms with Crippen LogP contribution in [-0.4, -0.2) is 44.2 Å². The normalized spacial score (nSPS) is 22.4. The van der Waals surface area contributed by atoms with Crippen LogP contribution in [-0.2, 0) is 28.5 Å². The minimum atomic E-state index is -0.962. The minimum absolute atomic E-state index is 0.131. The maximum atomic E-state index is 11.4. The van der Waals surface area contributed by atoms with Crippen LogP contribution in [0.15, 0.2) is 0 Å². The van der Waals surface area contributed by atoms with Gasteiger partial charge >= 0.3 is 11.9 Å². The second kappa shape index (κ2) is 5.97. The first kappa shape index (κ1) is 12.3. The molecular weight excluding hydrogens is 228 g/mol. The van der Waals surface area contributed by atoms with Crippen LogP contribution in [0.1, 0.15) is 25.7 Å². The van der Waals surface area contributed by atoms with Gasteiger partial charge in [-0.05, 0) is 25.7 Å². The molecule has 0 spiro atoms. The highest BCUT2D eigenvalue weighted by Gasteiger charge is 2.28. The standard InChI is InChI=1S/C11H16O6/c12-10(16-8-3-1-2-4-8)11(13)17-9-5-14-7-15-6-9/h8-9H,1-7H2. The summed E-state index contributed by atoms with van der Waals surface area (Å²) in [5.41, 5.74) is 0. The van der Waals surface area contributed by atoms with E-state index in [0.29, 0.717) is 0 Å². The first-order valence-electron chi connectivity index (χ1n) is 5.83. The summed E-state index contributed by atoms with van der Waals surface area (Å²) < 4.78 is 19.8. The third kappa shape index (κ3) is 3.67. The Morgan fingerprint density at radius 2 is 1.41 bits per heavy atom. The predicted molar refractivity (Wildman–Crippen MR) is 55.0 cm³/mol. The smallest absolute Gasteiger partial charge is 0.417 e. The van der Waals surface area contributed by atoms with Crippen LogP contribution >= 0.6 is 0 Å². The van der Waals surface area contributed by atoms with Crippen molar-refractivity contribution >= 4 is 11.9 Å². The molecule has 1 saturated carbocycles. The zero-order chi connectivity index (χ0) is 12.1. The Labute approximate surface area is 99.2 Å². The van der Waals surface area contributed by atoms with E-state index >= 15 is 0 Å². The third-order valence-corrected chi connectivity index (χ3v) is 2.79. The average molecular weight is 244 g/mol. The number of ether oxygens (including phenoxy) is 4. The van der Waals surface area contributed by atoms with Gasteiger partial charge in [0.1, 0.15) is 19.0 Å². The SMILES string of the molecule is O=C(OC1CCCC1)C(=O)OC1COCOC1. The van der Waals surface area contributed by atoms with E-state index in [1.165, 1.54) is 0 Å². The lowest BCUT2D eigenvalue weighted by atomic mass is 10.3. The van der Waals surface area contributed by atoms with E-state index in [1.54, 1.807) is 0 Å². The Morgan fingerprint density at radius 1 is 0.882 bits per heavy atom. The van der Waals surface area contributed by atoms with Gasteiger partial charge in [0.05, 0.1) is 13.2 Å². The van der Waals surface area contributed by atoms with Crippen molar-refractivity contribution in [3.05, 3.63) is 0 Å². The Kier molecular flexibility index (Phi) is 4.33. The maximum absolute atomic E-state index is 11.4. The summed E-state index contributed by atoms with van der Waals surface area (Å²) in [6.07, 6.45) is 3.08. The van der Waals surface area contributed by atoms with Crippen molar-refractivity contribution in [1.29, 1.82) is 0 Å². The molecule has 1 saturated heterocycles. The van der Waals surface area contributed by atoms with Crippen molar-refractivity contribution in [2.24, 2.45) is 0 Å². The van der Waals surface area contributed by atoms with Crippen molar-refractivity contribution in [3.63, 3.8) is 0 Å². The summed E-state index contributed by atoms with van der Waals surface area (Å²) in [6, 6.07) is 0. The molecule has 17 heavy (non-hydrogen) atoms. The summed E-state index contributed by atoms with van der Waals surface area (Å²) in [5, 5.41) is 0. The summed E-state index contributed by atoms with van der Waals surface area (Å²) in [7, 11) is 0. The fraction of sp³-hybridized carbons (Fsp3) is 0.818. The van der Waals surface area contributed by atoms with Crippen LogP contribution in [0.2, 0.25) is 0 Å². The maximum Gasteiger partial charge on any atom is 0.417 e. The van der Waals surface area contributed by atoms with Gasteiger partial charge in [-0.3, -0.25) is 0 Å². The molecule has 0 radical (unpaired) electrons. The van der Waals surface area contributed by atoms with Gasteiger partial charge in [0.15, 0.2) is 0 Å². The first-order chi connectivity index (χ1) is 8.25. The van der Waals surface area contributed by atoms with E-state index in [2.05, 4.69) is 0 Å². The molecule has 0 aromatic heterocycles. The monoisotopic (exact) mass is 244 g/mol. The van der Waals surface area contributed by atoms with Crippen LogP contribution in [0.4, 0.5) is 0 Å². The summed E-state index contributed by atoms with van der Waals surface area (Å²) >= 11 is 0. The lowest BCUT2D eigenvalue weighted by Gasteiger charge is -2.22. The van der Waals surface area contributed by atoms with Crippen LogP contribution in [0.5, 0.6) is 0 Å². The number of carbonyl (C=O) groups excluding carboxylic acids is 2. The van der Waals surface area contributed by atoms with Crippen molar-refractivity contribution in [2.45, 2.75) is 37.9 Å². The minimum Gasteiger partial charge on any atom is -0.454 e. The molecule has 0 bridgehead atoms. The quantitative estimate of drug-likeness (QED) is 0.517. The summed E-state index contributed by atoms with van der Waals surface area (Å²) in [4.78, 5) is 22.8. The van der Waals surface area contributed by atoms with Crippen LogP contribution < -0.4 is 0 Å². The van der Waals surface area contributed by atoms with Gasteiger partial charge in [-0.25, -0.2) is 9.59 Å². The fourth-order valence-electron chi connectivity index (χ4n) is 1.94. The highest BCUT2D eigenvalue weighted by molar-refractivity contribution is 6.29. The molecule has 1 aliphatic heterocycles. The molecule has 6 heteroatoms.